The van der Waals surface area contributed by atoms with E-state index in [9.17, 15) is 34.1 Å². The van der Waals surface area contributed by atoms with Crippen LogP contribution in [0.5, 0.6) is 17.2 Å². The number of nitrogens with zero attached hydrogens (tertiary/aromatic N) is 1. The van der Waals surface area contributed by atoms with Crippen molar-refractivity contribution in [2.24, 2.45) is 0 Å². The van der Waals surface area contributed by atoms with Crippen molar-refractivity contribution in [1.82, 2.24) is 15.3 Å². The molecule has 0 spiro atoms. The highest BCUT2D eigenvalue weighted by atomic mass is 79.9. The fraction of sp³-hybridized carbons (Fsp3) is 0.263. The Morgan fingerprint density at radius 2 is 1.60 bits per heavy atom. The molecule has 2 aromatic carbocycles. The maximum absolute atomic E-state index is 12.3. The SMILES string of the molecule is Br.COc1cc(C(NCc2cc([N+](=O)[O-])cc3[nH]c(=O)c(=O)[nH]c23)P(=O)(O)O)cc(OC)c1OC. The van der Waals surface area contributed by atoms with Gasteiger partial charge in [-0.2, -0.15) is 0 Å². The molecule has 0 aliphatic rings. The lowest BCUT2D eigenvalue weighted by molar-refractivity contribution is -0.384. The summed E-state index contributed by atoms with van der Waals surface area (Å²) in [5, 5.41) is 14.0. The fourth-order valence-electron chi connectivity index (χ4n) is 3.42. The average Bonchev–Trinajstić information content (AvgIpc) is 2.78. The summed E-state index contributed by atoms with van der Waals surface area (Å²) in [6.45, 7) is -0.327. The van der Waals surface area contributed by atoms with Crippen LogP contribution < -0.4 is 30.6 Å². The topological polar surface area (TPSA) is 206 Å². The minimum absolute atomic E-state index is 0. The molecule has 3 rings (SSSR count). The van der Waals surface area contributed by atoms with Crippen molar-refractivity contribution in [1.29, 1.82) is 0 Å². The molecule has 0 saturated heterocycles. The van der Waals surface area contributed by atoms with Gasteiger partial charge in [0.1, 0.15) is 5.78 Å². The van der Waals surface area contributed by atoms with Gasteiger partial charge in [-0.3, -0.25) is 29.6 Å². The molecule has 5 N–H and O–H groups in total. The maximum atomic E-state index is 12.3. The van der Waals surface area contributed by atoms with Crippen LogP contribution in [-0.4, -0.2) is 46.0 Å². The smallest absolute Gasteiger partial charge is 0.346 e. The molecule has 35 heavy (non-hydrogen) atoms. The van der Waals surface area contributed by atoms with Crippen molar-refractivity contribution in [3.8, 4) is 17.2 Å². The molecule has 0 fully saturated rings. The van der Waals surface area contributed by atoms with Crippen molar-refractivity contribution in [3.05, 3.63) is 66.2 Å². The highest BCUT2D eigenvalue weighted by molar-refractivity contribution is 8.93. The normalized spacial score (nSPS) is 12.0. The molecule has 14 nitrogen and oxygen atoms in total. The van der Waals surface area contributed by atoms with Crippen molar-refractivity contribution in [2.75, 3.05) is 21.3 Å². The van der Waals surface area contributed by atoms with Gasteiger partial charge in [-0.15, -0.1) is 17.0 Å². The van der Waals surface area contributed by atoms with Gasteiger partial charge in [-0.05, 0) is 23.3 Å². The third kappa shape index (κ3) is 5.89. The molecular weight excluding hydrogens is 555 g/mol. The summed E-state index contributed by atoms with van der Waals surface area (Å²) in [6.07, 6.45) is 0. The fourth-order valence-corrected chi connectivity index (χ4v) is 4.29. The number of aromatic nitrogens is 2. The molecular formula is C19H22BrN4O10P. The number of nitrogens with one attached hydrogen (secondary N) is 3. The average molecular weight is 577 g/mol. The van der Waals surface area contributed by atoms with Crippen molar-refractivity contribution < 1.29 is 33.5 Å². The minimum Gasteiger partial charge on any atom is -0.493 e. The zero-order valence-electron chi connectivity index (χ0n) is 18.6. The molecule has 1 aromatic heterocycles. The molecule has 1 unspecified atom stereocenters. The molecule has 3 aromatic rings. The van der Waals surface area contributed by atoms with Gasteiger partial charge in [-0.1, -0.05) is 0 Å². The molecule has 16 heteroatoms. The summed E-state index contributed by atoms with van der Waals surface area (Å²) in [5.41, 5.74) is -2.14. The van der Waals surface area contributed by atoms with E-state index in [-0.39, 0.29) is 62.9 Å². The standard InChI is InChI=1S/C19H21N4O10P.BrH/c1-31-13-5-9(6-14(32-2)16(13)33-3)19(34(28,29)30)20-8-10-4-11(23(26)27)7-12-15(10)22-18(25)17(24)21-12;/h4-7,19-20H,8H2,1-3H3,(H,21,24)(H,22,25)(H2,28,29,30);1H. The predicted octanol–water partition coefficient (Wildman–Crippen LogP) is 1.69. The van der Waals surface area contributed by atoms with Crippen LogP contribution in [0.25, 0.3) is 11.0 Å². The molecule has 0 aliphatic heterocycles. The van der Waals surface area contributed by atoms with Gasteiger partial charge in [0.15, 0.2) is 11.5 Å². The number of nitro benzene ring substituents is 1. The van der Waals surface area contributed by atoms with E-state index in [0.29, 0.717) is 0 Å². The van der Waals surface area contributed by atoms with Crippen molar-refractivity contribution >= 4 is 41.3 Å². The largest absolute Gasteiger partial charge is 0.493 e. The molecule has 0 saturated carbocycles. The Labute approximate surface area is 207 Å². The number of halogens is 1. The number of hydrogen-bond acceptors (Lipinski definition) is 9. The molecule has 0 bridgehead atoms. The second-order valence-corrected chi connectivity index (χ2v) is 8.72. The number of non-ortho nitro benzene ring substituents is 1. The minimum atomic E-state index is -4.85. The number of benzene rings is 2. The van der Waals surface area contributed by atoms with Crippen LogP contribution >= 0.6 is 24.6 Å². The molecule has 1 atom stereocenters. The highest BCUT2D eigenvalue weighted by Crippen LogP contribution is 2.52. The van der Waals surface area contributed by atoms with E-state index in [1.807, 2.05) is 0 Å². The summed E-state index contributed by atoms with van der Waals surface area (Å²) in [4.78, 5) is 58.7. The summed E-state index contributed by atoms with van der Waals surface area (Å²) >= 11 is 0. The van der Waals surface area contributed by atoms with Gasteiger partial charge in [0.25, 0.3) is 5.69 Å². The second-order valence-electron chi connectivity index (χ2n) is 7.02. The third-order valence-corrected chi connectivity index (χ3v) is 6.09. The maximum Gasteiger partial charge on any atom is 0.346 e. The monoisotopic (exact) mass is 576 g/mol. The Balaban J connectivity index is 0.00000432. The Bertz CT molecular complexity index is 1390. The van der Waals surface area contributed by atoms with Crippen LogP contribution in [0.4, 0.5) is 5.69 Å². The number of ether oxygens (including phenoxy) is 3. The molecule has 0 amide bonds. The van der Waals surface area contributed by atoms with E-state index < -0.39 is 35.1 Å². The quantitative estimate of drug-likeness (QED) is 0.107. The summed E-state index contributed by atoms with van der Waals surface area (Å²) in [7, 11) is -0.801. The highest BCUT2D eigenvalue weighted by Gasteiger charge is 2.32. The van der Waals surface area contributed by atoms with E-state index >= 15 is 0 Å². The number of rotatable bonds is 9. The lowest BCUT2D eigenvalue weighted by atomic mass is 10.1. The van der Waals surface area contributed by atoms with Crippen LogP contribution in [0.3, 0.4) is 0 Å². The first-order valence-corrected chi connectivity index (χ1v) is 11.2. The number of H-pyrrole nitrogens is 2. The van der Waals surface area contributed by atoms with E-state index in [0.717, 1.165) is 12.1 Å². The molecule has 190 valence electrons. The molecule has 1 heterocycles. The number of fused-ring (bicyclic) bond motifs is 1. The van der Waals surface area contributed by atoms with Gasteiger partial charge in [0.2, 0.25) is 5.75 Å². The van der Waals surface area contributed by atoms with Crippen LogP contribution in [0.2, 0.25) is 0 Å². The van der Waals surface area contributed by atoms with Gasteiger partial charge in [0.05, 0.1) is 37.3 Å². The Morgan fingerprint density at radius 1 is 1.03 bits per heavy atom. The second kappa shape index (κ2) is 11.0. The third-order valence-electron chi connectivity index (χ3n) is 4.93. The van der Waals surface area contributed by atoms with E-state index in [4.69, 9.17) is 14.2 Å². The zero-order chi connectivity index (χ0) is 25.2. The van der Waals surface area contributed by atoms with E-state index in [1.54, 1.807) is 0 Å². The Morgan fingerprint density at radius 3 is 2.09 bits per heavy atom. The zero-order valence-corrected chi connectivity index (χ0v) is 21.2. The lowest BCUT2D eigenvalue weighted by Gasteiger charge is -2.23. The summed E-state index contributed by atoms with van der Waals surface area (Å²) in [6, 6.07) is 4.89. The Hall–Kier alpha value is -3.23. The Kier molecular flexibility index (Phi) is 8.81. The van der Waals surface area contributed by atoms with Crippen LogP contribution in [0.1, 0.15) is 16.9 Å². The van der Waals surface area contributed by atoms with Crippen molar-refractivity contribution in [2.45, 2.75) is 12.3 Å². The van der Waals surface area contributed by atoms with Gasteiger partial charge in [0, 0.05) is 18.7 Å². The number of hydrogen-bond donors (Lipinski definition) is 5. The first kappa shape index (κ1) is 28.0. The lowest BCUT2D eigenvalue weighted by Crippen LogP contribution is -2.29. The van der Waals surface area contributed by atoms with Gasteiger partial charge >= 0.3 is 18.7 Å². The van der Waals surface area contributed by atoms with Crippen molar-refractivity contribution in [3.63, 3.8) is 0 Å². The van der Waals surface area contributed by atoms with Crippen LogP contribution in [0.15, 0.2) is 33.9 Å². The summed E-state index contributed by atoms with van der Waals surface area (Å²) < 4.78 is 28.0. The van der Waals surface area contributed by atoms with Gasteiger partial charge in [-0.25, -0.2) is 0 Å². The molecule has 0 radical (unpaired) electrons. The summed E-state index contributed by atoms with van der Waals surface area (Å²) in [5.74, 6) is -1.07. The van der Waals surface area contributed by atoms with Crippen LogP contribution in [0, 0.1) is 10.1 Å². The van der Waals surface area contributed by atoms with Gasteiger partial charge < -0.3 is 34.0 Å². The number of aromatic amines is 2. The number of methoxy groups -OCH3 is 3. The van der Waals surface area contributed by atoms with E-state index in [2.05, 4.69) is 15.3 Å². The van der Waals surface area contributed by atoms with Crippen LogP contribution in [-0.2, 0) is 11.1 Å². The molecule has 0 aliphatic carbocycles. The first-order chi connectivity index (χ1) is 16.0. The first-order valence-electron chi connectivity index (χ1n) is 9.52. The predicted molar refractivity (Wildman–Crippen MR) is 130 cm³/mol. The number of nitro groups is 1. The van der Waals surface area contributed by atoms with E-state index in [1.165, 1.54) is 33.5 Å².